The SMILES string of the molecule is Cc1ccc2cc(CN(Cc3ccco3)C(=O)Nc3ccc(Cl)cc3)c(=O)[nH]c2c1C. The number of carbonyl (C=O) groups is 1. The van der Waals surface area contributed by atoms with Crippen LogP contribution in [0.15, 0.2) is 70.1 Å². The standard InChI is InChI=1S/C24H22ClN3O3/c1-15-5-6-17-12-18(23(29)27-22(17)16(15)2)13-28(14-21-4-3-11-31-21)24(30)26-20-9-7-19(25)8-10-20/h3-12H,13-14H2,1-2H3,(H,26,30)(H,27,29). The molecule has 158 valence electrons. The number of halogens is 1. The highest BCUT2D eigenvalue weighted by molar-refractivity contribution is 6.30. The predicted octanol–water partition coefficient (Wildman–Crippen LogP) is 5.63. The van der Waals surface area contributed by atoms with Crippen LogP contribution in [0.25, 0.3) is 10.9 Å². The third-order valence-electron chi connectivity index (χ3n) is 5.30. The summed E-state index contributed by atoms with van der Waals surface area (Å²) < 4.78 is 5.42. The molecule has 0 radical (unpaired) electrons. The van der Waals surface area contributed by atoms with E-state index in [9.17, 15) is 9.59 Å². The van der Waals surface area contributed by atoms with Gasteiger partial charge < -0.3 is 19.6 Å². The molecule has 0 atom stereocenters. The number of benzene rings is 2. The zero-order chi connectivity index (χ0) is 22.0. The Labute approximate surface area is 184 Å². The summed E-state index contributed by atoms with van der Waals surface area (Å²) >= 11 is 5.93. The predicted molar refractivity (Wildman–Crippen MR) is 122 cm³/mol. The molecule has 4 rings (SSSR count). The fraction of sp³-hybridized carbons (Fsp3) is 0.167. The van der Waals surface area contributed by atoms with E-state index >= 15 is 0 Å². The van der Waals surface area contributed by atoms with Crippen LogP contribution in [0.2, 0.25) is 5.02 Å². The van der Waals surface area contributed by atoms with Gasteiger partial charge in [-0.05, 0) is 72.8 Å². The van der Waals surface area contributed by atoms with Crippen LogP contribution < -0.4 is 10.9 Å². The van der Waals surface area contributed by atoms with E-state index in [2.05, 4.69) is 10.3 Å². The second kappa shape index (κ2) is 8.70. The Balaban J connectivity index is 1.64. The first-order valence-electron chi connectivity index (χ1n) is 9.86. The van der Waals surface area contributed by atoms with Gasteiger partial charge in [-0.2, -0.15) is 0 Å². The largest absolute Gasteiger partial charge is 0.467 e. The smallest absolute Gasteiger partial charge is 0.322 e. The molecule has 4 aromatic rings. The van der Waals surface area contributed by atoms with Gasteiger partial charge in [-0.3, -0.25) is 4.79 Å². The lowest BCUT2D eigenvalue weighted by atomic mass is 10.0. The van der Waals surface area contributed by atoms with E-state index in [-0.39, 0.29) is 24.7 Å². The molecule has 0 saturated heterocycles. The second-order valence-corrected chi connectivity index (χ2v) is 7.90. The zero-order valence-electron chi connectivity index (χ0n) is 17.2. The Kier molecular flexibility index (Phi) is 5.82. The van der Waals surface area contributed by atoms with Gasteiger partial charge in [-0.25, -0.2) is 4.79 Å². The van der Waals surface area contributed by atoms with Gasteiger partial charge in [0.2, 0.25) is 0 Å². The molecule has 2 heterocycles. The van der Waals surface area contributed by atoms with E-state index < -0.39 is 0 Å². The number of urea groups is 1. The Morgan fingerprint density at radius 1 is 1.10 bits per heavy atom. The average Bonchev–Trinajstić information content (AvgIpc) is 3.26. The minimum absolute atomic E-state index is 0.123. The van der Waals surface area contributed by atoms with Crippen molar-refractivity contribution in [1.29, 1.82) is 0 Å². The molecule has 6 nitrogen and oxygen atoms in total. The third kappa shape index (κ3) is 4.64. The molecule has 2 N–H and O–H groups in total. The van der Waals surface area contributed by atoms with Gasteiger partial charge in [0.25, 0.3) is 5.56 Å². The van der Waals surface area contributed by atoms with Crippen LogP contribution >= 0.6 is 11.6 Å². The van der Waals surface area contributed by atoms with Crippen molar-refractivity contribution in [3.63, 3.8) is 0 Å². The zero-order valence-corrected chi connectivity index (χ0v) is 18.0. The molecule has 7 heteroatoms. The number of carbonyl (C=O) groups excluding carboxylic acids is 1. The number of aromatic nitrogens is 1. The van der Waals surface area contributed by atoms with Gasteiger partial charge in [-0.15, -0.1) is 0 Å². The van der Waals surface area contributed by atoms with E-state index in [1.54, 1.807) is 42.7 Å². The highest BCUT2D eigenvalue weighted by atomic mass is 35.5. The number of nitrogens with one attached hydrogen (secondary N) is 2. The number of rotatable bonds is 5. The van der Waals surface area contributed by atoms with Gasteiger partial charge in [0.1, 0.15) is 5.76 Å². The molecular weight excluding hydrogens is 414 g/mol. The highest BCUT2D eigenvalue weighted by Gasteiger charge is 2.18. The van der Waals surface area contributed by atoms with Crippen molar-refractivity contribution in [2.45, 2.75) is 26.9 Å². The molecule has 0 fully saturated rings. The number of hydrogen-bond acceptors (Lipinski definition) is 3. The summed E-state index contributed by atoms with van der Waals surface area (Å²) in [5, 5.41) is 4.36. The number of aromatic amines is 1. The summed E-state index contributed by atoms with van der Waals surface area (Å²) in [7, 11) is 0. The summed E-state index contributed by atoms with van der Waals surface area (Å²) in [6, 6.07) is 15.9. The number of furan rings is 1. The van der Waals surface area contributed by atoms with Crippen LogP contribution in [0.3, 0.4) is 0 Å². The second-order valence-electron chi connectivity index (χ2n) is 7.47. The molecule has 0 spiro atoms. The minimum atomic E-state index is -0.349. The van der Waals surface area contributed by atoms with Gasteiger partial charge >= 0.3 is 6.03 Å². The number of aryl methyl sites for hydroxylation is 2. The van der Waals surface area contributed by atoms with Crippen LogP contribution in [0.4, 0.5) is 10.5 Å². The molecule has 0 aliphatic heterocycles. The highest BCUT2D eigenvalue weighted by Crippen LogP contribution is 2.20. The lowest BCUT2D eigenvalue weighted by Gasteiger charge is -2.22. The maximum atomic E-state index is 13.0. The Hall–Kier alpha value is -3.51. The summed E-state index contributed by atoms with van der Waals surface area (Å²) in [5.74, 6) is 0.620. The van der Waals surface area contributed by atoms with Crippen molar-refractivity contribution in [2.75, 3.05) is 5.32 Å². The molecule has 0 unspecified atom stereocenters. The van der Waals surface area contributed by atoms with Gasteiger partial charge in [0, 0.05) is 16.3 Å². The van der Waals surface area contributed by atoms with Crippen molar-refractivity contribution in [2.24, 2.45) is 0 Å². The number of pyridine rings is 1. The van der Waals surface area contributed by atoms with E-state index in [1.165, 1.54) is 4.90 Å². The molecule has 0 bridgehead atoms. The molecular formula is C24H22ClN3O3. The Bertz CT molecular complexity index is 1280. The molecule has 0 aliphatic rings. The molecule has 2 aromatic carbocycles. The number of nitrogens with zero attached hydrogens (tertiary/aromatic N) is 1. The van der Waals surface area contributed by atoms with Crippen molar-refractivity contribution in [1.82, 2.24) is 9.88 Å². The van der Waals surface area contributed by atoms with Gasteiger partial charge in [0.05, 0.1) is 24.9 Å². The van der Waals surface area contributed by atoms with Crippen LogP contribution in [0, 0.1) is 13.8 Å². The number of H-pyrrole nitrogens is 1. The van der Waals surface area contributed by atoms with E-state index in [4.69, 9.17) is 16.0 Å². The maximum absolute atomic E-state index is 13.0. The van der Waals surface area contributed by atoms with Gasteiger partial charge in [0.15, 0.2) is 0 Å². The third-order valence-corrected chi connectivity index (χ3v) is 5.55. The molecule has 2 amide bonds. The fourth-order valence-corrected chi connectivity index (χ4v) is 3.55. The molecule has 0 saturated carbocycles. The topological polar surface area (TPSA) is 78.3 Å². The van der Waals surface area contributed by atoms with Crippen molar-refractivity contribution in [3.8, 4) is 0 Å². The van der Waals surface area contributed by atoms with E-state index in [0.717, 1.165) is 22.0 Å². The quantitative estimate of drug-likeness (QED) is 0.426. The molecule has 0 aliphatic carbocycles. The van der Waals surface area contributed by atoms with Crippen molar-refractivity contribution >= 4 is 34.2 Å². The van der Waals surface area contributed by atoms with E-state index in [1.807, 2.05) is 32.0 Å². The lowest BCUT2D eigenvalue weighted by molar-refractivity contribution is 0.201. The van der Waals surface area contributed by atoms with Crippen LogP contribution in [-0.4, -0.2) is 15.9 Å². The first-order valence-corrected chi connectivity index (χ1v) is 10.2. The number of anilines is 1. The van der Waals surface area contributed by atoms with Crippen LogP contribution in [0.1, 0.15) is 22.5 Å². The monoisotopic (exact) mass is 435 g/mol. The Morgan fingerprint density at radius 3 is 2.58 bits per heavy atom. The summed E-state index contributed by atoms with van der Waals surface area (Å²) in [4.78, 5) is 30.3. The molecule has 31 heavy (non-hydrogen) atoms. The lowest BCUT2D eigenvalue weighted by Crippen LogP contribution is -2.35. The van der Waals surface area contributed by atoms with Gasteiger partial charge in [-0.1, -0.05) is 23.7 Å². The summed E-state index contributed by atoms with van der Waals surface area (Å²) in [5.41, 5.74) is 3.85. The normalized spacial score (nSPS) is 10.9. The maximum Gasteiger partial charge on any atom is 0.322 e. The molecule has 2 aromatic heterocycles. The number of fused-ring (bicyclic) bond motifs is 1. The fourth-order valence-electron chi connectivity index (χ4n) is 3.42. The van der Waals surface area contributed by atoms with Crippen molar-refractivity contribution in [3.05, 3.63) is 98.7 Å². The summed E-state index contributed by atoms with van der Waals surface area (Å²) in [6.45, 7) is 4.33. The minimum Gasteiger partial charge on any atom is -0.467 e. The van der Waals surface area contributed by atoms with Crippen LogP contribution in [0.5, 0.6) is 0 Å². The number of hydrogen-bond donors (Lipinski definition) is 2. The average molecular weight is 436 g/mol. The Morgan fingerprint density at radius 2 is 1.87 bits per heavy atom. The summed E-state index contributed by atoms with van der Waals surface area (Å²) in [6.07, 6.45) is 1.55. The van der Waals surface area contributed by atoms with E-state index in [0.29, 0.717) is 22.0 Å². The first kappa shape index (κ1) is 20.8. The van der Waals surface area contributed by atoms with Crippen molar-refractivity contribution < 1.29 is 9.21 Å². The van der Waals surface area contributed by atoms with Crippen LogP contribution in [-0.2, 0) is 13.1 Å². The first-order chi connectivity index (χ1) is 14.9. The number of amides is 2.